The SMILES string of the molecule is COc1ccc(CN(CC(F)(F)F)C(=S)Nc2ccc(F)cc2)cc1. The van der Waals surface area contributed by atoms with Gasteiger partial charge in [-0.25, -0.2) is 4.39 Å². The summed E-state index contributed by atoms with van der Waals surface area (Å²) < 4.78 is 56.6. The lowest BCUT2D eigenvalue weighted by molar-refractivity contribution is -0.138. The molecule has 8 heteroatoms. The van der Waals surface area contributed by atoms with Crippen LogP contribution in [0.25, 0.3) is 0 Å². The van der Waals surface area contributed by atoms with Crippen molar-refractivity contribution in [2.45, 2.75) is 12.7 Å². The maximum Gasteiger partial charge on any atom is 0.406 e. The molecular weight excluding hydrogens is 356 g/mol. The van der Waals surface area contributed by atoms with Gasteiger partial charge in [0.05, 0.1) is 7.11 Å². The van der Waals surface area contributed by atoms with Crippen molar-refractivity contribution in [3.05, 3.63) is 59.9 Å². The average Bonchev–Trinajstić information content (AvgIpc) is 2.56. The number of benzene rings is 2. The lowest BCUT2D eigenvalue weighted by Crippen LogP contribution is -2.40. The quantitative estimate of drug-likeness (QED) is 0.613. The Morgan fingerprint density at radius 3 is 2.20 bits per heavy atom. The first-order chi connectivity index (χ1) is 11.8. The van der Waals surface area contributed by atoms with Crippen LogP contribution >= 0.6 is 12.2 Å². The monoisotopic (exact) mass is 372 g/mol. The van der Waals surface area contributed by atoms with E-state index in [1.54, 1.807) is 24.3 Å². The average molecular weight is 372 g/mol. The Bertz CT molecular complexity index is 702. The summed E-state index contributed by atoms with van der Waals surface area (Å²) >= 11 is 5.10. The molecule has 0 radical (unpaired) electrons. The van der Waals surface area contributed by atoms with E-state index in [1.165, 1.54) is 31.4 Å². The standard InChI is InChI=1S/C17H16F4N2OS/c1-24-15-8-2-12(3-9-15)10-23(11-17(19,20)21)16(25)22-14-6-4-13(18)5-7-14/h2-9H,10-11H2,1H3,(H,22,25). The summed E-state index contributed by atoms with van der Waals surface area (Å²) in [6.07, 6.45) is -4.42. The molecular formula is C17H16F4N2OS. The molecule has 0 saturated heterocycles. The summed E-state index contributed by atoms with van der Waals surface area (Å²) in [7, 11) is 1.51. The topological polar surface area (TPSA) is 24.5 Å². The summed E-state index contributed by atoms with van der Waals surface area (Å²) in [6, 6.07) is 11.9. The van der Waals surface area contributed by atoms with Crippen LogP contribution in [0, 0.1) is 5.82 Å². The van der Waals surface area contributed by atoms with Gasteiger partial charge in [-0.2, -0.15) is 13.2 Å². The minimum Gasteiger partial charge on any atom is -0.497 e. The van der Waals surface area contributed by atoms with Gasteiger partial charge in [-0.15, -0.1) is 0 Å². The number of rotatable bonds is 5. The number of nitrogens with zero attached hydrogens (tertiary/aromatic N) is 1. The Morgan fingerprint density at radius 1 is 1.08 bits per heavy atom. The van der Waals surface area contributed by atoms with Gasteiger partial charge in [0, 0.05) is 12.2 Å². The van der Waals surface area contributed by atoms with Gasteiger partial charge >= 0.3 is 6.18 Å². The maximum absolute atomic E-state index is 12.9. The van der Waals surface area contributed by atoms with Crippen LogP contribution in [0.1, 0.15) is 5.56 Å². The molecule has 0 fully saturated rings. The summed E-state index contributed by atoms with van der Waals surface area (Å²) in [6.45, 7) is -1.23. The molecule has 1 N–H and O–H groups in total. The van der Waals surface area contributed by atoms with Gasteiger partial charge in [-0.3, -0.25) is 0 Å². The van der Waals surface area contributed by atoms with Gasteiger partial charge in [-0.1, -0.05) is 12.1 Å². The molecule has 2 aromatic carbocycles. The number of hydrogen-bond acceptors (Lipinski definition) is 2. The molecule has 2 rings (SSSR count). The van der Waals surface area contributed by atoms with Gasteiger partial charge in [0.15, 0.2) is 5.11 Å². The van der Waals surface area contributed by atoms with Crippen molar-refractivity contribution in [3.8, 4) is 5.75 Å². The van der Waals surface area contributed by atoms with E-state index >= 15 is 0 Å². The third kappa shape index (κ3) is 6.22. The molecule has 0 saturated carbocycles. The second kappa shape index (κ2) is 8.15. The van der Waals surface area contributed by atoms with E-state index in [2.05, 4.69) is 5.32 Å². The van der Waals surface area contributed by atoms with Crippen LogP contribution in [-0.4, -0.2) is 29.8 Å². The van der Waals surface area contributed by atoms with Crippen molar-refractivity contribution in [3.63, 3.8) is 0 Å². The molecule has 0 amide bonds. The lowest BCUT2D eigenvalue weighted by atomic mass is 10.2. The molecule has 0 aliphatic heterocycles. The molecule has 0 aliphatic carbocycles. The zero-order valence-electron chi connectivity index (χ0n) is 13.3. The Hall–Kier alpha value is -2.35. The fourth-order valence-electron chi connectivity index (χ4n) is 2.10. The fourth-order valence-corrected chi connectivity index (χ4v) is 2.35. The van der Waals surface area contributed by atoms with Crippen molar-refractivity contribution >= 4 is 23.0 Å². The van der Waals surface area contributed by atoms with Crippen LogP contribution in [-0.2, 0) is 6.54 Å². The Kier molecular flexibility index (Phi) is 6.19. The number of anilines is 1. The number of thiocarbonyl (C=S) groups is 1. The molecule has 25 heavy (non-hydrogen) atoms. The predicted octanol–water partition coefficient (Wildman–Crippen LogP) is 4.60. The van der Waals surface area contributed by atoms with E-state index in [-0.39, 0.29) is 11.7 Å². The van der Waals surface area contributed by atoms with Crippen LogP contribution < -0.4 is 10.1 Å². The smallest absolute Gasteiger partial charge is 0.406 e. The molecule has 0 aliphatic rings. The Balaban J connectivity index is 2.13. The third-order valence-corrected chi connectivity index (χ3v) is 3.65. The van der Waals surface area contributed by atoms with Gasteiger partial charge in [-0.05, 0) is 54.2 Å². The van der Waals surface area contributed by atoms with Crippen molar-refractivity contribution < 1.29 is 22.3 Å². The zero-order valence-corrected chi connectivity index (χ0v) is 14.1. The van der Waals surface area contributed by atoms with E-state index in [0.29, 0.717) is 17.0 Å². The third-order valence-electron chi connectivity index (χ3n) is 3.29. The van der Waals surface area contributed by atoms with Crippen molar-refractivity contribution in [2.24, 2.45) is 0 Å². The van der Waals surface area contributed by atoms with E-state index < -0.39 is 18.5 Å². The lowest BCUT2D eigenvalue weighted by Gasteiger charge is -2.27. The highest BCUT2D eigenvalue weighted by atomic mass is 32.1. The van der Waals surface area contributed by atoms with Crippen LogP contribution in [0.2, 0.25) is 0 Å². The van der Waals surface area contributed by atoms with E-state index in [4.69, 9.17) is 17.0 Å². The summed E-state index contributed by atoms with van der Waals surface area (Å²) in [5.74, 6) is 0.167. The van der Waals surface area contributed by atoms with E-state index in [1.807, 2.05) is 0 Å². The number of halogens is 4. The van der Waals surface area contributed by atoms with Crippen molar-refractivity contribution in [1.29, 1.82) is 0 Å². The highest BCUT2D eigenvalue weighted by molar-refractivity contribution is 7.80. The Morgan fingerprint density at radius 2 is 1.68 bits per heavy atom. The van der Waals surface area contributed by atoms with Gasteiger partial charge in [0.1, 0.15) is 18.1 Å². The minimum atomic E-state index is -4.42. The zero-order chi connectivity index (χ0) is 18.4. The van der Waals surface area contributed by atoms with Gasteiger partial charge in [0.25, 0.3) is 0 Å². The molecule has 0 spiro atoms. The van der Waals surface area contributed by atoms with Crippen LogP contribution in [0.15, 0.2) is 48.5 Å². The highest BCUT2D eigenvalue weighted by Gasteiger charge is 2.32. The summed E-state index contributed by atoms with van der Waals surface area (Å²) in [5, 5.41) is 2.60. The Labute approximate surface area is 148 Å². The normalized spacial score (nSPS) is 11.1. The first-order valence-corrected chi connectivity index (χ1v) is 7.69. The molecule has 0 bridgehead atoms. The number of alkyl halides is 3. The fraction of sp³-hybridized carbons (Fsp3) is 0.235. The molecule has 0 heterocycles. The molecule has 0 unspecified atom stereocenters. The second-order valence-corrected chi connectivity index (χ2v) is 5.64. The minimum absolute atomic E-state index is 0.0312. The molecule has 134 valence electrons. The highest BCUT2D eigenvalue weighted by Crippen LogP contribution is 2.20. The number of hydrogen-bond donors (Lipinski definition) is 1. The number of nitrogens with one attached hydrogen (secondary N) is 1. The second-order valence-electron chi connectivity index (χ2n) is 5.26. The first-order valence-electron chi connectivity index (χ1n) is 7.28. The first kappa shape index (κ1) is 19.0. The van der Waals surface area contributed by atoms with Gasteiger partial charge in [0.2, 0.25) is 0 Å². The number of ether oxygens (including phenoxy) is 1. The maximum atomic E-state index is 12.9. The molecule has 3 nitrogen and oxygen atoms in total. The van der Waals surface area contributed by atoms with Crippen molar-refractivity contribution in [1.82, 2.24) is 4.90 Å². The van der Waals surface area contributed by atoms with Crippen LogP contribution in [0.3, 0.4) is 0 Å². The molecule has 2 aromatic rings. The summed E-state index contributed by atoms with van der Waals surface area (Å²) in [5.41, 5.74) is 1.06. The molecule has 0 atom stereocenters. The largest absolute Gasteiger partial charge is 0.497 e. The van der Waals surface area contributed by atoms with E-state index in [0.717, 1.165) is 4.90 Å². The summed E-state index contributed by atoms with van der Waals surface area (Å²) in [4.78, 5) is 1.00. The van der Waals surface area contributed by atoms with Gasteiger partial charge < -0.3 is 15.0 Å². The van der Waals surface area contributed by atoms with Crippen LogP contribution in [0.4, 0.5) is 23.2 Å². The van der Waals surface area contributed by atoms with Crippen molar-refractivity contribution in [2.75, 3.05) is 19.0 Å². The predicted molar refractivity (Wildman–Crippen MR) is 92.1 cm³/mol. The number of methoxy groups -OCH3 is 1. The molecule has 0 aromatic heterocycles. The van der Waals surface area contributed by atoms with Crippen LogP contribution in [0.5, 0.6) is 5.75 Å². The van der Waals surface area contributed by atoms with E-state index in [9.17, 15) is 17.6 Å².